The van der Waals surface area contributed by atoms with Crippen LogP contribution in [0.25, 0.3) is 10.8 Å². The number of carbonyl (C=O) groups is 2. The van der Waals surface area contributed by atoms with Crippen molar-refractivity contribution in [2.75, 3.05) is 0 Å². The van der Waals surface area contributed by atoms with Crippen LogP contribution in [0, 0.1) is 5.41 Å². The van der Waals surface area contributed by atoms with Crippen molar-refractivity contribution in [1.82, 2.24) is 5.32 Å². The Morgan fingerprint density at radius 2 is 1.73 bits per heavy atom. The quantitative estimate of drug-likeness (QED) is 0.907. The molecule has 2 aromatic carbocycles. The first-order valence-corrected chi connectivity index (χ1v) is 7.27. The number of fused-ring (bicyclic) bond motifs is 1. The molecule has 4 nitrogen and oxygen atoms in total. The summed E-state index contributed by atoms with van der Waals surface area (Å²) in [5.74, 6) is -1.31. The Kier molecular flexibility index (Phi) is 4.50. The van der Waals surface area contributed by atoms with E-state index in [1.165, 1.54) is 0 Å². The predicted octanol–water partition coefficient (Wildman–Crippen LogP) is 3.52. The minimum atomic E-state index is -1.06. The number of amides is 1. The number of nitrogens with one attached hydrogen (secondary N) is 1. The summed E-state index contributed by atoms with van der Waals surface area (Å²) >= 11 is 0. The van der Waals surface area contributed by atoms with Crippen LogP contribution in [-0.4, -0.2) is 17.0 Å². The fourth-order valence-electron chi connectivity index (χ4n) is 2.37. The van der Waals surface area contributed by atoms with Crippen LogP contribution in [0.2, 0.25) is 0 Å². The topological polar surface area (TPSA) is 66.4 Å². The highest BCUT2D eigenvalue weighted by Gasteiger charge is 2.24. The molecular formula is C18H21NO3. The first-order chi connectivity index (χ1) is 10.3. The van der Waals surface area contributed by atoms with Gasteiger partial charge in [-0.1, -0.05) is 57.2 Å². The van der Waals surface area contributed by atoms with Gasteiger partial charge in [-0.15, -0.1) is 0 Å². The van der Waals surface area contributed by atoms with E-state index < -0.39 is 12.0 Å². The SMILES string of the molecule is CC(C)(C)CC(=O)NC(C(=O)O)c1ccc2ccccc2c1. The molecule has 1 atom stereocenters. The number of aliphatic carboxylic acids is 1. The van der Waals surface area contributed by atoms with E-state index in [1.807, 2.05) is 57.2 Å². The maximum absolute atomic E-state index is 12.0. The molecule has 22 heavy (non-hydrogen) atoms. The zero-order chi connectivity index (χ0) is 16.3. The second-order valence-electron chi connectivity index (χ2n) is 6.68. The molecule has 0 bridgehead atoms. The molecule has 0 heterocycles. The third kappa shape index (κ3) is 4.07. The summed E-state index contributed by atoms with van der Waals surface area (Å²) in [4.78, 5) is 23.6. The number of carboxylic acids is 1. The highest BCUT2D eigenvalue weighted by atomic mass is 16.4. The summed E-state index contributed by atoms with van der Waals surface area (Å²) in [5.41, 5.74) is 0.393. The lowest BCUT2D eigenvalue weighted by atomic mass is 9.91. The zero-order valence-corrected chi connectivity index (χ0v) is 13.1. The maximum Gasteiger partial charge on any atom is 0.330 e. The van der Waals surface area contributed by atoms with Gasteiger partial charge in [-0.3, -0.25) is 4.79 Å². The lowest BCUT2D eigenvalue weighted by Gasteiger charge is -2.20. The summed E-state index contributed by atoms with van der Waals surface area (Å²) in [6.07, 6.45) is 0.282. The summed E-state index contributed by atoms with van der Waals surface area (Å²) in [6.45, 7) is 5.83. The van der Waals surface area contributed by atoms with Gasteiger partial charge >= 0.3 is 5.97 Å². The van der Waals surface area contributed by atoms with Gasteiger partial charge in [0.1, 0.15) is 0 Å². The van der Waals surface area contributed by atoms with Crippen LogP contribution in [-0.2, 0) is 9.59 Å². The molecule has 1 amide bonds. The first-order valence-electron chi connectivity index (χ1n) is 7.27. The van der Waals surface area contributed by atoms with Crippen LogP contribution in [0.15, 0.2) is 42.5 Å². The second-order valence-corrected chi connectivity index (χ2v) is 6.68. The van der Waals surface area contributed by atoms with Crippen molar-refractivity contribution < 1.29 is 14.7 Å². The van der Waals surface area contributed by atoms with Gasteiger partial charge in [0.25, 0.3) is 0 Å². The van der Waals surface area contributed by atoms with E-state index in [2.05, 4.69) is 5.32 Å². The van der Waals surface area contributed by atoms with E-state index in [9.17, 15) is 14.7 Å². The van der Waals surface area contributed by atoms with E-state index in [4.69, 9.17) is 0 Å². The van der Waals surface area contributed by atoms with Crippen molar-refractivity contribution in [3.63, 3.8) is 0 Å². The second kappa shape index (κ2) is 6.18. The lowest BCUT2D eigenvalue weighted by molar-refractivity contribution is -0.142. The molecule has 2 rings (SSSR count). The fraction of sp³-hybridized carbons (Fsp3) is 0.333. The number of hydrogen-bond acceptors (Lipinski definition) is 2. The standard InChI is InChI=1S/C18H21NO3/c1-18(2,3)11-15(20)19-16(17(21)22)14-9-8-12-6-4-5-7-13(12)10-14/h4-10,16H,11H2,1-3H3,(H,19,20)(H,21,22). The van der Waals surface area contributed by atoms with E-state index in [-0.39, 0.29) is 17.7 Å². The van der Waals surface area contributed by atoms with Gasteiger partial charge in [0.05, 0.1) is 0 Å². The molecule has 0 spiro atoms. The first kappa shape index (κ1) is 16.0. The molecule has 116 valence electrons. The summed E-state index contributed by atoms with van der Waals surface area (Å²) < 4.78 is 0. The van der Waals surface area contributed by atoms with E-state index in [0.29, 0.717) is 5.56 Å². The predicted molar refractivity (Wildman–Crippen MR) is 86.5 cm³/mol. The number of benzene rings is 2. The van der Waals surface area contributed by atoms with Crippen LogP contribution in [0.4, 0.5) is 0 Å². The number of hydrogen-bond donors (Lipinski definition) is 2. The van der Waals surface area contributed by atoms with Crippen LogP contribution in [0.5, 0.6) is 0 Å². The highest BCUT2D eigenvalue weighted by Crippen LogP contribution is 2.23. The van der Waals surface area contributed by atoms with E-state index >= 15 is 0 Å². The summed E-state index contributed by atoms with van der Waals surface area (Å²) in [7, 11) is 0. The number of carbonyl (C=O) groups excluding carboxylic acids is 1. The van der Waals surface area contributed by atoms with Crippen molar-refractivity contribution >= 4 is 22.6 Å². The molecule has 0 saturated heterocycles. The molecule has 0 saturated carbocycles. The molecule has 0 radical (unpaired) electrons. The Morgan fingerprint density at radius 1 is 1.09 bits per heavy atom. The van der Waals surface area contributed by atoms with Crippen molar-refractivity contribution in [3.8, 4) is 0 Å². The van der Waals surface area contributed by atoms with Gasteiger partial charge in [0.2, 0.25) is 5.91 Å². The Hall–Kier alpha value is -2.36. The van der Waals surface area contributed by atoms with Crippen molar-refractivity contribution in [2.45, 2.75) is 33.2 Å². The molecule has 4 heteroatoms. The third-order valence-electron chi connectivity index (χ3n) is 3.35. The van der Waals surface area contributed by atoms with E-state index in [0.717, 1.165) is 10.8 Å². The zero-order valence-electron chi connectivity index (χ0n) is 13.1. The average Bonchev–Trinajstić information content (AvgIpc) is 2.42. The molecule has 2 N–H and O–H groups in total. The Bertz CT molecular complexity index is 701. The van der Waals surface area contributed by atoms with Crippen molar-refractivity contribution in [3.05, 3.63) is 48.0 Å². The Labute approximate surface area is 130 Å². The molecule has 0 fully saturated rings. The van der Waals surface area contributed by atoms with Crippen LogP contribution in [0.3, 0.4) is 0 Å². The Morgan fingerprint density at radius 3 is 2.32 bits per heavy atom. The third-order valence-corrected chi connectivity index (χ3v) is 3.35. The van der Waals surface area contributed by atoms with Gasteiger partial charge in [-0.25, -0.2) is 4.79 Å². The minimum Gasteiger partial charge on any atom is -0.479 e. The van der Waals surface area contributed by atoms with Crippen molar-refractivity contribution in [2.24, 2.45) is 5.41 Å². The molecular weight excluding hydrogens is 278 g/mol. The monoisotopic (exact) mass is 299 g/mol. The minimum absolute atomic E-state index is 0.184. The van der Waals surface area contributed by atoms with Crippen LogP contribution < -0.4 is 5.32 Å². The van der Waals surface area contributed by atoms with Gasteiger partial charge in [0, 0.05) is 6.42 Å². The van der Waals surface area contributed by atoms with Gasteiger partial charge in [-0.2, -0.15) is 0 Å². The normalized spacial score (nSPS) is 12.9. The number of carboxylic acid groups (broad SMARTS) is 1. The van der Waals surface area contributed by atoms with E-state index in [1.54, 1.807) is 6.07 Å². The summed E-state index contributed by atoms with van der Waals surface area (Å²) in [6, 6.07) is 12.1. The molecule has 0 aliphatic heterocycles. The van der Waals surface area contributed by atoms with Crippen LogP contribution in [0.1, 0.15) is 38.8 Å². The maximum atomic E-state index is 12.0. The van der Waals surface area contributed by atoms with Gasteiger partial charge in [0.15, 0.2) is 6.04 Å². The fourth-order valence-corrected chi connectivity index (χ4v) is 2.37. The van der Waals surface area contributed by atoms with Crippen LogP contribution >= 0.6 is 0 Å². The molecule has 1 unspecified atom stereocenters. The molecule has 2 aromatic rings. The van der Waals surface area contributed by atoms with Gasteiger partial charge < -0.3 is 10.4 Å². The molecule has 0 aliphatic carbocycles. The smallest absolute Gasteiger partial charge is 0.330 e. The average molecular weight is 299 g/mol. The van der Waals surface area contributed by atoms with Gasteiger partial charge in [-0.05, 0) is 27.8 Å². The largest absolute Gasteiger partial charge is 0.479 e. The lowest BCUT2D eigenvalue weighted by Crippen LogP contribution is -2.35. The molecule has 0 aromatic heterocycles. The highest BCUT2D eigenvalue weighted by molar-refractivity contribution is 5.88. The van der Waals surface area contributed by atoms with Crippen molar-refractivity contribution in [1.29, 1.82) is 0 Å². The summed E-state index contributed by atoms with van der Waals surface area (Å²) in [5, 5.41) is 14.0. The Balaban J connectivity index is 2.26. The molecule has 0 aliphatic rings. The number of rotatable bonds is 4.